The van der Waals surface area contributed by atoms with E-state index < -0.39 is 18.2 Å². The second kappa shape index (κ2) is 12.4. The number of ether oxygens (including phenoxy) is 1. The van der Waals surface area contributed by atoms with Crippen LogP contribution in [0, 0.1) is 5.82 Å². The first-order valence-corrected chi connectivity index (χ1v) is 14.7. The number of halogens is 1. The molecule has 4 aromatic carbocycles. The van der Waals surface area contributed by atoms with E-state index in [2.05, 4.69) is 11.9 Å². The summed E-state index contributed by atoms with van der Waals surface area (Å²) in [6.45, 7) is 4.90. The van der Waals surface area contributed by atoms with E-state index in [4.69, 9.17) is 4.74 Å². The van der Waals surface area contributed by atoms with Crippen molar-refractivity contribution in [3.63, 3.8) is 0 Å². The number of urea groups is 1. The first-order valence-electron chi connectivity index (χ1n) is 14.7. The van der Waals surface area contributed by atoms with Crippen molar-refractivity contribution in [2.75, 3.05) is 27.2 Å². The van der Waals surface area contributed by atoms with Crippen LogP contribution in [0.2, 0.25) is 0 Å². The first kappa shape index (κ1) is 29.8. The summed E-state index contributed by atoms with van der Waals surface area (Å²) in [4.78, 5) is 44.5. The Morgan fingerprint density at radius 1 is 1.00 bits per heavy atom. The van der Waals surface area contributed by atoms with E-state index in [9.17, 15) is 18.8 Å². The molecule has 1 N–H and O–H groups in total. The van der Waals surface area contributed by atoms with Crippen LogP contribution in [0.25, 0.3) is 16.3 Å². The minimum Gasteiger partial charge on any atom is -0.497 e. The fourth-order valence-corrected chi connectivity index (χ4v) is 6.09. The molecule has 45 heavy (non-hydrogen) atoms. The standard InChI is InChI=1S/C35H34FN5O4/c1-23(25-13-17-29(45-3)18-14-25)33-34(43)39(20-27-9-6-8-26-7-4-5-10-30(26)27)21-31-40(22-32(42)41(31)33)38(2)35(44)37-19-24-11-15-28(36)16-12-24/h4-18,31,33H,1,19-22H2,2-3H3,(H,37,44)/t31-,33+/m1/s1. The highest BCUT2D eigenvalue weighted by Crippen LogP contribution is 2.35. The normalized spacial score (nSPS) is 18.2. The highest BCUT2D eigenvalue weighted by Gasteiger charge is 2.52. The van der Waals surface area contributed by atoms with Crippen molar-refractivity contribution in [3.8, 4) is 5.75 Å². The van der Waals surface area contributed by atoms with E-state index in [0.717, 1.165) is 21.9 Å². The number of carbonyl (C=O) groups excluding carboxylic acids is 3. The van der Waals surface area contributed by atoms with Crippen molar-refractivity contribution in [1.29, 1.82) is 0 Å². The molecule has 0 radical (unpaired) electrons. The summed E-state index contributed by atoms with van der Waals surface area (Å²) >= 11 is 0. The van der Waals surface area contributed by atoms with E-state index in [1.807, 2.05) is 54.6 Å². The topological polar surface area (TPSA) is 85.4 Å². The Morgan fingerprint density at radius 3 is 2.44 bits per heavy atom. The number of amides is 4. The molecule has 2 atom stereocenters. The predicted molar refractivity (Wildman–Crippen MR) is 169 cm³/mol. The molecule has 9 nitrogen and oxygen atoms in total. The molecule has 0 unspecified atom stereocenters. The van der Waals surface area contributed by atoms with Crippen LogP contribution < -0.4 is 10.1 Å². The average Bonchev–Trinajstić information content (AvgIpc) is 3.39. The van der Waals surface area contributed by atoms with Gasteiger partial charge in [0, 0.05) is 20.1 Å². The minimum absolute atomic E-state index is 0.0904. The zero-order chi connectivity index (χ0) is 31.7. The molecule has 0 bridgehead atoms. The quantitative estimate of drug-likeness (QED) is 0.316. The van der Waals surface area contributed by atoms with Crippen molar-refractivity contribution in [2.24, 2.45) is 0 Å². The lowest BCUT2D eigenvalue weighted by molar-refractivity contribution is -0.153. The number of nitrogens with one attached hydrogen (secondary N) is 1. The molecule has 2 fully saturated rings. The number of carbonyl (C=O) groups is 3. The maximum absolute atomic E-state index is 14.3. The van der Waals surface area contributed by atoms with Crippen molar-refractivity contribution in [3.05, 3.63) is 120 Å². The van der Waals surface area contributed by atoms with Crippen molar-refractivity contribution in [2.45, 2.75) is 25.3 Å². The van der Waals surface area contributed by atoms with Gasteiger partial charge < -0.3 is 19.9 Å². The number of rotatable bonds is 8. The van der Waals surface area contributed by atoms with Crippen LogP contribution in [-0.4, -0.2) is 77.1 Å². The molecule has 0 saturated carbocycles. The van der Waals surface area contributed by atoms with Crippen molar-refractivity contribution >= 4 is 34.2 Å². The van der Waals surface area contributed by atoms with Gasteiger partial charge in [-0.3, -0.25) is 14.6 Å². The SMILES string of the molecule is C=C(c1ccc(OC)cc1)[C@H]1C(=O)N(Cc2cccc3ccccc23)C[C@H]2N1C(=O)CN2N(C)C(=O)NCc1ccc(F)cc1. The summed E-state index contributed by atoms with van der Waals surface area (Å²) in [5, 5.41) is 8.00. The third kappa shape index (κ3) is 5.84. The lowest BCUT2D eigenvalue weighted by atomic mass is 9.94. The van der Waals surface area contributed by atoms with Crippen molar-refractivity contribution < 1.29 is 23.5 Å². The predicted octanol–water partition coefficient (Wildman–Crippen LogP) is 4.64. The summed E-state index contributed by atoms with van der Waals surface area (Å²) < 4.78 is 18.6. The van der Waals surface area contributed by atoms with Gasteiger partial charge >= 0.3 is 6.03 Å². The van der Waals surface area contributed by atoms with Crippen LogP contribution in [-0.2, 0) is 22.7 Å². The van der Waals surface area contributed by atoms with E-state index in [0.29, 0.717) is 23.4 Å². The van der Waals surface area contributed by atoms with Gasteiger partial charge in [-0.05, 0) is 57.3 Å². The largest absolute Gasteiger partial charge is 0.497 e. The maximum atomic E-state index is 14.3. The zero-order valence-corrected chi connectivity index (χ0v) is 25.2. The molecular weight excluding hydrogens is 573 g/mol. The summed E-state index contributed by atoms with van der Waals surface area (Å²) in [5.41, 5.74) is 2.90. The summed E-state index contributed by atoms with van der Waals surface area (Å²) in [5.74, 6) is -0.216. The van der Waals surface area contributed by atoms with E-state index >= 15 is 0 Å². The minimum atomic E-state index is -0.972. The number of hydrazine groups is 1. The van der Waals surface area contributed by atoms with E-state index in [-0.39, 0.29) is 37.3 Å². The van der Waals surface area contributed by atoms with Crippen LogP contribution in [0.1, 0.15) is 16.7 Å². The summed E-state index contributed by atoms with van der Waals surface area (Å²) in [7, 11) is 3.17. The van der Waals surface area contributed by atoms with Gasteiger partial charge in [0.25, 0.3) is 5.91 Å². The van der Waals surface area contributed by atoms with Gasteiger partial charge in [-0.2, -0.15) is 5.01 Å². The monoisotopic (exact) mass is 607 g/mol. The van der Waals surface area contributed by atoms with Gasteiger partial charge in [0.1, 0.15) is 23.8 Å². The molecule has 230 valence electrons. The lowest BCUT2D eigenvalue weighted by Crippen LogP contribution is -2.65. The van der Waals surface area contributed by atoms with E-state index in [1.54, 1.807) is 53.2 Å². The fraction of sp³-hybridized carbons (Fsp3) is 0.229. The summed E-state index contributed by atoms with van der Waals surface area (Å²) in [6, 6.07) is 25.7. The number of methoxy groups -OCH3 is 1. The first-order chi connectivity index (χ1) is 21.7. The maximum Gasteiger partial charge on any atom is 0.332 e. The zero-order valence-electron chi connectivity index (χ0n) is 25.2. The third-order valence-corrected chi connectivity index (χ3v) is 8.53. The third-order valence-electron chi connectivity index (χ3n) is 8.53. The molecule has 2 saturated heterocycles. The van der Waals surface area contributed by atoms with Crippen LogP contribution in [0.3, 0.4) is 0 Å². The summed E-state index contributed by atoms with van der Waals surface area (Å²) in [6.07, 6.45) is -0.619. The molecule has 0 spiro atoms. The molecular formula is C35H34FN5O4. The Balaban J connectivity index is 1.31. The Labute approximate surface area is 261 Å². The van der Waals surface area contributed by atoms with Gasteiger partial charge in [0.05, 0.1) is 20.2 Å². The molecule has 2 heterocycles. The molecule has 4 aromatic rings. The lowest BCUT2D eigenvalue weighted by Gasteiger charge is -2.46. The fourth-order valence-electron chi connectivity index (χ4n) is 6.09. The number of benzene rings is 4. The second-order valence-electron chi connectivity index (χ2n) is 11.2. The molecule has 6 rings (SSSR count). The number of hydrogen-bond acceptors (Lipinski definition) is 5. The van der Waals surface area contributed by atoms with Gasteiger partial charge in [-0.1, -0.05) is 73.3 Å². The highest BCUT2D eigenvalue weighted by atomic mass is 19.1. The Morgan fingerprint density at radius 2 is 1.71 bits per heavy atom. The van der Waals surface area contributed by atoms with Gasteiger partial charge in [-0.25, -0.2) is 9.18 Å². The van der Waals surface area contributed by atoms with Crippen LogP contribution in [0.5, 0.6) is 5.75 Å². The highest BCUT2D eigenvalue weighted by molar-refractivity contribution is 6.01. The van der Waals surface area contributed by atoms with Gasteiger partial charge in [-0.15, -0.1) is 0 Å². The number of nitrogens with zero attached hydrogens (tertiary/aromatic N) is 4. The van der Waals surface area contributed by atoms with Crippen molar-refractivity contribution in [1.82, 2.24) is 25.1 Å². The average molecular weight is 608 g/mol. The number of fused-ring (bicyclic) bond motifs is 2. The molecule has 0 aliphatic carbocycles. The molecule has 10 heteroatoms. The number of hydrogen-bond donors (Lipinski definition) is 1. The van der Waals surface area contributed by atoms with Crippen LogP contribution >= 0.6 is 0 Å². The van der Waals surface area contributed by atoms with Gasteiger partial charge in [0.15, 0.2) is 0 Å². The number of piperazine rings is 1. The van der Waals surface area contributed by atoms with Crippen LogP contribution in [0.4, 0.5) is 9.18 Å². The Hall–Kier alpha value is -5.22. The molecule has 4 amide bonds. The Bertz CT molecular complexity index is 1760. The molecule has 2 aliphatic heterocycles. The second-order valence-corrected chi connectivity index (χ2v) is 11.2. The smallest absolute Gasteiger partial charge is 0.332 e. The van der Waals surface area contributed by atoms with Gasteiger partial charge in [0.2, 0.25) is 5.91 Å². The Kier molecular flexibility index (Phi) is 8.23. The molecule has 0 aromatic heterocycles. The van der Waals surface area contributed by atoms with Crippen LogP contribution in [0.15, 0.2) is 97.6 Å². The molecule has 2 aliphatic rings. The van der Waals surface area contributed by atoms with E-state index in [1.165, 1.54) is 17.1 Å².